The van der Waals surface area contributed by atoms with Gasteiger partial charge in [-0.15, -0.1) is 0 Å². The van der Waals surface area contributed by atoms with E-state index in [1.54, 1.807) is 24.8 Å². The van der Waals surface area contributed by atoms with Gasteiger partial charge in [0.05, 0.1) is 5.69 Å². The van der Waals surface area contributed by atoms with Crippen molar-refractivity contribution in [1.82, 2.24) is 20.3 Å². The number of hydrogen-bond donors (Lipinski definition) is 1. The van der Waals surface area contributed by atoms with Crippen LogP contribution in [-0.4, -0.2) is 21.5 Å². The van der Waals surface area contributed by atoms with E-state index in [1.165, 1.54) is 5.56 Å². The molecule has 0 fully saturated rings. The molecule has 0 saturated carbocycles. The second-order valence-electron chi connectivity index (χ2n) is 3.92. The minimum atomic E-state index is 0.223. The molecule has 2 rings (SSSR count). The summed E-state index contributed by atoms with van der Waals surface area (Å²) in [6.07, 6.45) is 9.86. The van der Waals surface area contributed by atoms with Crippen LogP contribution >= 0.6 is 0 Å². The quantitative estimate of drug-likeness (QED) is 0.847. The van der Waals surface area contributed by atoms with Gasteiger partial charge in [-0.1, -0.05) is 6.07 Å². The molecule has 1 atom stereocenters. The summed E-state index contributed by atoms with van der Waals surface area (Å²) in [5.41, 5.74) is 2.21. The zero-order valence-electron chi connectivity index (χ0n) is 9.87. The molecule has 0 spiro atoms. The van der Waals surface area contributed by atoms with Gasteiger partial charge in [0.25, 0.3) is 0 Å². The van der Waals surface area contributed by atoms with Gasteiger partial charge in [-0.05, 0) is 31.5 Å². The number of pyridine rings is 1. The number of hydrogen-bond acceptors (Lipinski definition) is 4. The van der Waals surface area contributed by atoms with Gasteiger partial charge in [-0.3, -0.25) is 15.0 Å². The van der Waals surface area contributed by atoms with Crippen molar-refractivity contribution >= 4 is 0 Å². The van der Waals surface area contributed by atoms with Crippen LogP contribution in [0.5, 0.6) is 0 Å². The van der Waals surface area contributed by atoms with E-state index in [9.17, 15) is 0 Å². The average Bonchev–Trinajstić information content (AvgIpc) is 2.41. The van der Waals surface area contributed by atoms with Gasteiger partial charge >= 0.3 is 0 Å². The van der Waals surface area contributed by atoms with Crippen molar-refractivity contribution in [2.45, 2.75) is 19.4 Å². The molecule has 0 aliphatic heterocycles. The second kappa shape index (κ2) is 6.06. The molecule has 0 amide bonds. The fraction of sp³-hybridized carbons (Fsp3) is 0.308. The molecule has 2 heterocycles. The topological polar surface area (TPSA) is 50.7 Å². The molecule has 0 aliphatic carbocycles. The van der Waals surface area contributed by atoms with Gasteiger partial charge in [0.15, 0.2) is 0 Å². The molecule has 0 bridgehead atoms. The van der Waals surface area contributed by atoms with Crippen LogP contribution in [0.15, 0.2) is 43.1 Å². The Morgan fingerprint density at radius 2 is 2.06 bits per heavy atom. The van der Waals surface area contributed by atoms with Crippen LogP contribution in [0.3, 0.4) is 0 Å². The normalized spacial score (nSPS) is 12.3. The zero-order chi connectivity index (χ0) is 11.9. The van der Waals surface area contributed by atoms with E-state index in [-0.39, 0.29) is 6.04 Å². The predicted molar refractivity (Wildman–Crippen MR) is 66.4 cm³/mol. The molecule has 1 N–H and O–H groups in total. The Hall–Kier alpha value is -1.81. The molecule has 17 heavy (non-hydrogen) atoms. The van der Waals surface area contributed by atoms with Crippen LogP contribution < -0.4 is 5.32 Å². The fourth-order valence-corrected chi connectivity index (χ4v) is 1.62. The van der Waals surface area contributed by atoms with Gasteiger partial charge in [-0.2, -0.15) is 0 Å². The Morgan fingerprint density at radius 3 is 2.76 bits per heavy atom. The van der Waals surface area contributed by atoms with Gasteiger partial charge in [0.1, 0.15) is 0 Å². The van der Waals surface area contributed by atoms with Gasteiger partial charge in [0, 0.05) is 37.0 Å². The van der Waals surface area contributed by atoms with Crippen LogP contribution in [-0.2, 0) is 6.42 Å². The van der Waals surface area contributed by atoms with Crippen LogP contribution in [0.4, 0.5) is 0 Å². The van der Waals surface area contributed by atoms with E-state index >= 15 is 0 Å². The lowest BCUT2D eigenvalue weighted by Gasteiger charge is -2.12. The summed E-state index contributed by atoms with van der Waals surface area (Å²) in [6.45, 7) is 3.00. The molecular weight excluding hydrogens is 212 g/mol. The summed E-state index contributed by atoms with van der Waals surface area (Å²) in [4.78, 5) is 12.4. The van der Waals surface area contributed by atoms with E-state index in [0.29, 0.717) is 0 Å². The predicted octanol–water partition coefficient (Wildman–Crippen LogP) is 1.76. The van der Waals surface area contributed by atoms with E-state index < -0.39 is 0 Å². The number of aromatic nitrogens is 3. The Balaban J connectivity index is 1.79. The molecule has 0 saturated heterocycles. The summed E-state index contributed by atoms with van der Waals surface area (Å²) < 4.78 is 0. The van der Waals surface area contributed by atoms with Crippen molar-refractivity contribution in [2.75, 3.05) is 6.54 Å². The highest BCUT2D eigenvalue weighted by Gasteiger charge is 2.05. The lowest BCUT2D eigenvalue weighted by molar-refractivity contribution is 0.561. The van der Waals surface area contributed by atoms with E-state index in [2.05, 4.69) is 33.3 Å². The first-order chi connectivity index (χ1) is 8.36. The standard InChI is InChI=1S/C13H16N4/c1-11(13-10-15-7-8-17-13)16-6-4-12-3-2-5-14-9-12/h2-3,5,7-11,16H,4,6H2,1H3. The highest BCUT2D eigenvalue weighted by molar-refractivity contribution is 5.09. The smallest absolute Gasteiger partial charge is 0.0753 e. The molecule has 1 unspecified atom stereocenters. The lowest BCUT2D eigenvalue weighted by Crippen LogP contribution is -2.22. The first-order valence-electron chi connectivity index (χ1n) is 5.74. The van der Waals surface area contributed by atoms with Crippen molar-refractivity contribution in [3.05, 3.63) is 54.4 Å². The molecular formula is C13H16N4. The van der Waals surface area contributed by atoms with Crippen LogP contribution in [0.1, 0.15) is 24.2 Å². The third-order valence-corrected chi connectivity index (χ3v) is 2.61. The minimum absolute atomic E-state index is 0.223. The zero-order valence-corrected chi connectivity index (χ0v) is 9.87. The highest BCUT2D eigenvalue weighted by Crippen LogP contribution is 2.06. The summed E-state index contributed by atoms with van der Waals surface area (Å²) >= 11 is 0. The molecule has 88 valence electrons. The van der Waals surface area contributed by atoms with Crippen molar-refractivity contribution in [2.24, 2.45) is 0 Å². The summed E-state index contributed by atoms with van der Waals surface area (Å²) in [5.74, 6) is 0. The average molecular weight is 228 g/mol. The molecule has 2 aromatic rings. The third-order valence-electron chi connectivity index (χ3n) is 2.61. The summed E-state index contributed by atoms with van der Waals surface area (Å²) in [5, 5.41) is 3.42. The SMILES string of the molecule is CC(NCCc1cccnc1)c1cnccn1. The molecule has 2 aromatic heterocycles. The van der Waals surface area contributed by atoms with Crippen molar-refractivity contribution in [3.63, 3.8) is 0 Å². The molecule has 4 heteroatoms. The highest BCUT2D eigenvalue weighted by atomic mass is 14.9. The first-order valence-corrected chi connectivity index (χ1v) is 5.74. The lowest BCUT2D eigenvalue weighted by atomic mass is 10.2. The largest absolute Gasteiger partial charge is 0.308 e. The van der Waals surface area contributed by atoms with Crippen LogP contribution in [0.25, 0.3) is 0 Å². The van der Waals surface area contributed by atoms with Gasteiger partial charge in [-0.25, -0.2) is 0 Å². The number of nitrogens with one attached hydrogen (secondary N) is 1. The fourth-order valence-electron chi connectivity index (χ4n) is 1.62. The summed E-state index contributed by atoms with van der Waals surface area (Å²) in [6, 6.07) is 4.27. The molecule has 4 nitrogen and oxygen atoms in total. The molecule has 0 aliphatic rings. The van der Waals surface area contributed by atoms with Crippen molar-refractivity contribution in [3.8, 4) is 0 Å². The maximum Gasteiger partial charge on any atom is 0.0753 e. The Kier molecular flexibility index (Phi) is 4.16. The van der Waals surface area contributed by atoms with Crippen LogP contribution in [0, 0.1) is 0 Å². The summed E-state index contributed by atoms with van der Waals surface area (Å²) in [7, 11) is 0. The van der Waals surface area contributed by atoms with Gasteiger partial charge < -0.3 is 5.32 Å². The maximum absolute atomic E-state index is 4.27. The van der Waals surface area contributed by atoms with E-state index in [0.717, 1.165) is 18.7 Å². The molecule has 0 radical (unpaired) electrons. The minimum Gasteiger partial charge on any atom is -0.308 e. The Morgan fingerprint density at radius 1 is 1.18 bits per heavy atom. The van der Waals surface area contributed by atoms with Crippen molar-refractivity contribution < 1.29 is 0 Å². The Labute approximate surface area is 101 Å². The number of rotatable bonds is 5. The Bertz CT molecular complexity index is 430. The van der Waals surface area contributed by atoms with E-state index in [4.69, 9.17) is 0 Å². The number of nitrogens with zero attached hydrogens (tertiary/aromatic N) is 3. The van der Waals surface area contributed by atoms with Crippen molar-refractivity contribution in [1.29, 1.82) is 0 Å². The van der Waals surface area contributed by atoms with Crippen LogP contribution in [0.2, 0.25) is 0 Å². The third kappa shape index (κ3) is 3.60. The second-order valence-corrected chi connectivity index (χ2v) is 3.92. The molecule has 0 aromatic carbocycles. The van der Waals surface area contributed by atoms with Gasteiger partial charge in [0.2, 0.25) is 0 Å². The van der Waals surface area contributed by atoms with E-state index in [1.807, 2.05) is 12.3 Å². The first kappa shape index (κ1) is 11.7. The monoisotopic (exact) mass is 228 g/mol. The maximum atomic E-state index is 4.27.